The van der Waals surface area contributed by atoms with Crippen molar-refractivity contribution in [2.24, 2.45) is 0 Å². The molecule has 6 heterocycles. The number of nitrogens with zero attached hydrogens (tertiary/aromatic N) is 8. The van der Waals surface area contributed by atoms with E-state index in [1.807, 2.05) is 30.5 Å². The number of hydrogen-bond acceptors (Lipinski definition) is 12. The summed E-state index contributed by atoms with van der Waals surface area (Å²) < 4.78 is 20.3. The molecule has 13 heteroatoms. The highest BCUT2D eigenvalue weighted by Gasteiger charge is 2.53. The van der Waals surface area contributed by atoms with Crippen LogP contribution in [0, 0.1) is 22.7 Å². The standard InChI is InChI=1S/C26H32FN9OS2/c1-3-36(16(2)5-7-28)23-31-22(32-24(33-23)37-15-25-6-4-8-35(25)11-17(27)9-25)34-13-26(14-34)20-18(10-29)21(30)39-19(20)12-38-26/h16-17H,3-6,8-9,11-15,30H2,1-2H3/t16?,17-,25+/m1/s1. The third-order valence-corrected chi connectivity index (χ3v) is 11.2. The Hall–Kier alpha value is -2.87. The Bertz CT molecular complexity index is 1350. The maximum absolute atomic E-state index is 14.3. The summed E-state index contributed by atoms with van der Waals surface area (Å²) >= 11 is 3.36. The first-order valence-electron chi connectivity index (χ1n) is 13.4. The molecule has 1 unspecified atom stereocenters. The van der Waals surface area contributed by atoms with E-state index in [1.54, 1.807) is 0 Å². The Morgan fingerprint density at radius 2 is 2.13 bits per heavy atom. The topological polar surface area (TPSA) is 131 Å². The number of rotatable bonds is 8. The molecule has 39 heavy (non-hydrogen) atoms. The van der Waals surface area contributed by atoms with Crippen molar-refractivity contribution < 1.29 is 9.13 Å². The number of hydrogen-bond donors (Lipinski definition) is 1. The van der Waals surface area contributed by atoms with Gasteiger partial charge in [0.1, 0.15) is 23.8 Å². The van der Waals surface area contributed by atoms with Crippen molar-refractivity contribution in [2.75, 3.05) is 54.9 Å². The summed E-state index contributed by atoms with van der Waals surface area (Å²) in [7, 11) is 0. The zero-order valence-electron chi connectivity index (χ0n) is 22.2. The van der Waals surface area contributed by atoms with E-state index in [9.17, 15) is 14.9 Å². The van der Waals surface area contributed by atoms with E-state index in [1.165, 1.54) is 16.2 Å². The zero-order chi connectivity index (χ0) is 27.4. The van der Waals surface area contributed by atoms with Crippen LogP contribution in [0.2, 0.25) is 0 Å². The summed E-state index contributed by atoms with van der Waals surface area (Å²) in [6, 6.07) is 4.69. The highest BCUT2D eigenvalue weighted by molar-refractivity contribution is 8.00. The molecule has 10 nitrogen and oxygen atoms in total. The van der Waals surface area contributed by atoms with Crippen LogP contribution in [0.5, 0.6) is 6.01 Å². The summed E-state index contributed by atoms with van der Waals surface area (Å²) in [6.07, 6.45) is 1.90. The van der Waals surface area contributed by atoms with Crippen LogP contribution in [0.1, 0.15) is 55.5 Å². The number of nitrogens with two attached hydrogens (primary N) is 1. The van der Waals surface area contributed by atoms with E-state index in [2.05, 4.69) is 26.9 Å². The van der Waals surface area contributed by atoms with E-state index < -0.39 is 6.17 Å². The summed E-state index contributed by atoms with van der Waals surface area (Å²) in [6.45, 7) is 7.59. The third kappa shape index (κ3) is 4.35. The van der Waals surface area contributed by atoms with E-state index in [0.29, 0.717) is 68.1 Å². The van der Waals surface area contributed by atoms with Crippen molar-refractivity contribution in [3.63, 3.8) is 0 Å². The molecule has 3 fully saturated rings. The van der Waals surface area contributed by atoms with Crippen LogP contribution in [0.15, 0.2) is 0 Å². The van der Waals surface area contributed by atoms with Crippen LogP contribution in [0.3, 0.4) is 0 Å². The molecular weight excluding hydrogens is 537 g/mol. The molecule has 0 saturated carbocycles. The van der Waals surface area contributed by atoms with Crippen LogP contribution in [0.25, 0.3) is 0 Å². The quantitative estimate of drug-likeness (QED) is 0.501. The number of nitrogen functional groups attached to an aromatic ring is 1. The molecule has 2 aromatic rings. The first kappa shape index (κ1) is 26.4. The summed E-state index contributed by atoms with van der Waals surface area (Å²) in [5.41, 5.74) is 7.51. The predicted molar refractivity (Wildman–Crippen MR) is 150 cm³/mol. The molecule has 6 rings (SSSR count). The van der Waals surface area contributed by atoms with Crippen molar-refractivity contribution in [1.29, 1.82) is 10.5 Å². The lowest BCUT2D eigenvalue weighted by Crippen LogP contribution is -2.57. The zero-order valence-corrected chi connectivity index (χ0v) is 23.8. The monoisotopic (exact) mass is 569 g/mol. The number of thioether (sulfide) groups is 1. The number of alkyl halides is 1. The van der Waals surface area contributed by atoms with E-state index in [-0.39, 0.29) is 22.3 Å². The second-order valence-corrected chi connectivity index (χ2v) is 13.5. The first-order chi connectivity index (χ1) is 18.8. The van der Waals surface area contributed by atoms with Crippen LogP contribution < -0.4 is 20.3 Å². The second-order valence-electron chi connectivity index (χ2n) is 11.0. The lowest BCUT2D eigenvalue weighted by atomic mass is 9.88. The molecule has 0 amide bonds. The van der Waals surface area contributed by atoms with Crippen LogP contribution in [-0.2, 0) is 10.5 Å². The lowest BCUT2D eigenvalue weighted by Gasteiger charge is -2.47. The largest absolute Gasteiger partial charge is 0.461 e. The molecule has 2 N–H and O–H groups in total. The Balaban J connectivity index is 1.28. The maximum atomic E-state index is 14.3. The molecule has 2 aromatic heterocycles. The number of halogens is 1. The van der Waals surface area contributed by atoms with Crippen molar-refractivity contribution in [3.05, 3.63) is 16.0 Å². The van der Waals surface area contributed by atoms with Crippen LogP contribution in [-0.4, -0.2) is 76.9 Å². The molecular formula is C26H32FN9OS2. The molecule has 1 spiro atoms. The number of aromatic nitrogens is 3. The molecule has 4 aliphatic rings. The van der Waals surface area contributed by atoms with Gasteiger partial charge in [-0.1, -0.05) is 0 Å². The van der Waals surface area contributed by atoms with Gasteiger partial charge in [-0.25, -0.2) is 4.39 Å². The Morgan fingerprint density at radius 3 is 2.87 bits per heavy atom. The van der Waals surface area contributed by atoms with E-state index >= 15 is 0 Å². The minimum absolute atomic E-state index is 0.0863. The van der Waals surface area contributed by atoms with Gasteiger partial charge in [0.05, 0.1) is 28.3 Å². The number of thiophene rings is 1. The Morgan fingerprint density at radius 1 is 1.31 bits per heavy atom. The smallest absolute Gasteiger partial charge is 0.323 e. The molecule has 3 atom stereocenters. The van der Waals surface area contributed by atoms with Crippen molar-refractivity contribution in [1.82, 2.24) is 19.9 Å². The maximum Gasteiger partial charge on any atom is 0.323 e. The minimum Gasteiger partial charge on any atom is -0.461 e. The van der Waals surface area contributed by atoms with Gasteiger partial charge < -0.3 is 20.3 Å². The Kier molecular flexibility index (Phi) is 6.72. The fraction of sp³-hybridized carbons (Fsp3) is 0.654. The average molecular weight is 570 g/mol. The van der Waals surface area contributed by atoms with Gasteiger partial charge in [-0.05, 0) is 33.2 Å². The summed E-state index contributed by atoms with van der Waals surface area (Å²) in [5, 5.41) is 19.6. The van der Waals surface area contributed by atoms with Gasteiger partial charge in [-0.15, -0.1) is 23.1 Å². The highest BCUT2D eigenvalue weighted by atomic mass is 32.2. The van der Waals surface area contributed by atoms with Crippen molar-refractivity contribution in [3.8, 4) is 18.1 Å². The van der Waals surface area contributed by atoms with E-state index in [0.717, 1.165) is 30.7 Å². The fourth-order valence-corrected chi connectivity index (χ4v) is 9.45. The number of nitriles is 2. The van der Waals surface area contributed by atoms with Crippen molar-refractivity contribution >= 4 is 40.0 Å². The van der Waals surface area contributed by atoms with Gasteiger partial charge in [-0.2, -0.15) is 25.5 Å². The second kappa shape index (κ2) is 9.95. The van der Waals surface area contributed by atoms with Crippen molar-refractivity contribution in [2.45, 2.75) is 67.8 Å². The third-order valence-electron chi connectivity index (χ3n) is 8.57. The first-order valence-corrected chi connectivity index (χ1v) is 15.2. The van der Waals surface area contributed by atoms with Crippen LogP contribution >= 0.6 is 23.1 Å². The molecule has 3 saturated heterocycles. The highest BCUT2D eigenvalue weighted by Crippen LogP contribution is 2.57. The summed E-state index contributed by atoms with van der Waals surface area (Å²) in [5.74, 6) is 1.82. The number of ether oxygens (including phenoxy) is 1. The number of fused-ring (bicyclic) bond motifs is 3. The van der Waals surface area contributed by atoms with Gasteiger partial charge in [0, 0.05) is 54.8 Å². The Labute approximate surface area is 236 Å². The molecule has 0 radical (unpaired) electrons. The van der Waals surface area contributed by atoms with Crippen LogP contribution in [0.4, 0.5) is 21.3 Å². The van der Waals surface area contributed by atoms with Gasteiger partial charge in [0.25, 0.3) is 0 Å². The SMILES string of the molecule is CCN(c1nc(OC[C@@]23CCCN2C[C@H](F)C3)nc(N2CC3(C2)SCc2sc(N)c(C#N)c23)n1)C(C)CC#N. The molecule has 0 aliphatic carbocycles. The molecule has 206 valence electrons. The van der Waals surface area contributed by atoms with Gasteiger partial charge in [-0.3, -0.25) is 4.90 Å². The predicted octanol–water partition coefficient (Wildman–Crippen LogP) is 3.43. The lowest BCUT2D eigenvalue weighted by molar-refractivity contribution is 0.107. The van der Waals surface area contributed by atoms with Gasteiger partial charge in [0.15, 0.2) is 0 Å². The molecule has 0 bridgehead atoms. The average Bonchev–Trinajstić information content (AvgIpc) is 3.60. The normalized spacial score (nSPS) is 25.6. The van der Waals surface area contributed by atoms with E-state index in [4.69, 9.17) is 20.4 Å². The van der Waals surface area contributed by atoms with Gasteiger partial charge in [0.2, 0.25) is 11.9 Å². The van der Waals surface area contributed by atoms with Gasteiger partial charge >= 0.3 is 6.01 Å². The summed E-state index contributed by atoms with van der Waals surface area (Å²) in [4.78, 5) is 21.7. The minimum atomic E-state index is -0.837. The fourth-order valence-electron chi connectivity index (χ4n) is 6.64. The molecule has 4 aliphatic heterocycles. The molecule has 0 aromatic carbocycles. The number of anilines is 3.